The Labute approximate surface area is 226 Å². The van der Waals surface area contributed by atoms with Crippen LogP contribution in [0.5, 0.6) is 0 Å². The third kappa shape index (κ3) is 8.24. The molecule has 1 N–H and O–H groups in total. The zero-order valence-corrected chi connectivity index (χ0v) is 23.1. The Morgan fingerprint density at radius 3 is 1.95 bits per heavy atom. The van der Waals surface area contributed by atoms with Gasteiger partial charge in [0, 0.05) is 34.6 Å². The van der Waals surface area contributed by atoms with E-state index < -0.39 is 66.2 Å². The molecule has 0 aliphatic rings. The van der Waals surface area contributed by atoms with Crippen molar-refractivity contribution in [3.63, 3.8) is 0 Å². The monoisotopic (exact) mass is 572 g/mol. The van der Waals surface area contributed by atoms with E-state index in [4.69, 9.17) is 35.9 Å². The van der Waals surface area contributed by atoms with Crippen LogP contribution in [0.2, 0.25) is 0 Å². The van der Waals surface area contributed by atoms with Crippen molar-refractivity contribution < 1.29 is 47.7 Å². The summed E-state index contributed by atoms with van der Waals surface area (Å²) >= 11 is 6.41. The van der Waals surface area contributed by atoms with Gasteiger partial charge < -0.3 is 33.2 Å². The van der Waals surface area contributed by atoms with Gasteiger partial charge in [-0.05, 0) is 6.26 Å². The SMILES string of the molecule is CS[C@@H]([C@@H](OC(C)=O)[C@@H](OC(C)=O)[C@H](OC(C)=O)[C@H](COC(C)=O)OC(C)=O)n1cnc2c(=S)nc[nH]c21. The van der Waals surface area contributed by atoms with E-state index in [9.17, 15) is 24.0 Å². The molecule has 0 spiro atoms. The van der Waals surface area contributed by atoms with Crippen LogP contribution in [0.4, 0.5) is 0 Å². The van der Waals surface area contributed by atoms with Crippen molar-refractivity contribution in [1.29, 1.82) is 0 Å². The molecule has 0 aliphatic heterocycles. The molecular formula is C22H28N4O10S2. The highest BCUT2D eigenvalue weighted by Gasteiger charge is 2.47. The lowest BCUT2D eigenvalue weighted by Crippen LogP contribution is -2.54. The number of carbonyl (C=O) groups is 5. The van der Waals surface area contributed by atoms with Gasteiger partial charge in [-0.2, -0.15) is 0 Å². The number of esters is 5. The van der Waals surface area contributed by atoms with Gasteiger partial charge in [-0.3, -0.25) is 24.0 Å². The Morgan fingerprint density at radius 1 is 0.868 bits per heavy atom. The van der Waals surface area contributed by atoms with E-state index in [-0.39, 0.29) is 4.64 Å². The zero-order chi connectivity index (χ0) is 28.6. The first-order chi connectivity index (χ1) is 17.8. The molecule has 0 radical (unpaired) electrons. The van der Waals surface area contributed by atoms with Crippen LogP contribution in [0.25, 0.3) is 11.2 Å². The molecule has 2 aromatic rings. The fraction of sp³-hybridized carbons (Fsp3) is 0.545. The van der Waals surface area contributed by atoms with Crippen LogP contribution in [0, 0.1) is 4.64 Å². The molecule has 0 unspecified atom stereocenters. The van der Waals surface area contributed by atoms with Crippen LogP contribution in [-0.4, -0.2) is 86.6 Å². The molecule has 0 aliphatic carbocycles. The van der Waals surface area contributed by atoms with Crippen molar-refractivity contribution in [2.45, 2.75) is 64.4 Å². The maximum Gasteiger partial charge on any atom is 0.303 e. The number of fused-ring (bicyclic) bond motifs is 1. The van der Waals surface area contributed by atoms with Gasteiger partial charge >= 0.3 is 29.8 Å². The predicted molar refractivity (Wildman–Crippen MR) is 134 cm³/mol. The highest BCUT2D eigenvalue weighted by atomic mass is 32.2. The maximum atomic E-state index is 12.3. The van der Waals surface area contributed by atoms with E-state index in [1.165, 1.54) is 24.4 Å². The van der Waals surface area contributed by atoms with Gasteiger partial charge in [0.1, 0.15) is 23.1 Å². The number of carbonyl (C=O) groups excluding carboxylic acids is 5. The Kier molecular flexibility index (Phi) is 11.2. The summed E-state index contributed by atoms with van der Waals surface area (Å²) in [5, 5.41) is -0.855. The molecular weight excluding hydrogens is 544 g/mol. The first-order valence-corrected chi connectivity index (χ1v) is 12.8. The number of nitrogens with zero attached hydrogens (tertiary/aromatic N) is 3. The van der Waals surface area contributed by atoms with Crippen LogP contribution in [-0.2, 0) is 47.7 Å². The van der Waals surface area contributed by atoms with Gasteiger partial charge in [0.25, 0.3) is 0 Å². The fourth-order valence-corrected chi connectivity index (χ4v) is 4.69. The molecule has 208 valence electrons. The second-order valence-electron chi connectivity index (χ2n) is 7.86. The van der Waals surface area contributed by atoms with Crippen molar-refractivity contribution in [3.05, 3.63) is 17.3 Å². The number of thioether (sulfide) groups is 1. The molecule has 2 rings (SSSR count). The molecule has 38 heavy (non-hydrogen) atoms. The van der Waals surface area contributed by atoms with Crippen molar-refractivity contribution in [2.24, 2.45) is 0 Å². The van der Waals surface area contributed by atoms with E-state index in [0.717, 1.165) is 34.6 Å². The van der Waals surface area contributed by atoms with Crippen LogP contribution in [0.1, 0.15) is 40.0 Å². The van der Waals surface area contributed by atoms with Gasteiger partial charge in [-0.25, -0.2) is 9.97 Å². The largest absolute Gasteiger partial charge is 0.462 e. The second-order valence-corrected chi connectivity index (χ2v) is 9.20. The number of aromatic amines is 1. The highest BCUT2D eigenvalue weighted by molar-refractivity contribution is 7.98. The summed E-state index contributed by atoms with van der Waals surface area (Å²) in [4.78, 5) is 71.3. The number of hydrogen-bond acceptors (Lipinski definition) is 14. The van der Waals surface area contributed by atoms with E-state index in [2.05, 4.69) is 15.0 Å². The van der Waals surface area contributed by atoms with Gasteiger partial charge in [0.15, 0.2) is 29.1 Å². The first-order valence-electron chi connectivity index (χ1n) is 11.1. The van der Waals surface area contributed by atoms with Crippen molar-refractivity contribution in [1.82, 2.24) is 19.5 Å². The number of nitrogens with one attached hydrogen (secondary N) is 1. The third-order valence-electron chi connectivity index (χ3n) is 4.86. The smallest absolute Gasteiger partial charge is 0.303 e. The molecule has 16 heteroatoms. The van der Waals surface area contributed by atoms with Crippen LogP contribution >= 0.6 is 24.0 Å². The van der Waals surface area contributed by atoms with E-state index >= 15 is 0 Å². The van der Waals surface area contributed by atoms with E-state index in [0.29, 0.717) is 11.2 Å². The lowest BCUT2D eigenvalue weighted by Gasteiger charge is -2.38. The zero-order valence-electron chi connectivity index (χ0n) is 21.5. The average Bonchev–Trinajstić information content (AvgIpc) is 3.23. The number of rotatable bonds is 12. The summed E-state index contributed by atoms with van der Waals surface area (Å²) in [6.07, 6.45) is -1.41. The van der Waals surface area contributed by atoms with Crippen molar-refractivity contribution in [2.75, 3.05) is 12.9 Å². The summed E-state index contributed by atoms with van der Waals surface area (Å²) in [5.41, 5.74) is 0.778. The maximum absolute atomic E-state index is 12.3. The molecule has 2 aromatic heterocycles. The molecule has 0 bridgehead atoms. The van der Waals surface area contributed by atoms with Gasteiger partial charge in [0.2, 0.25) is 0 Å². The minimum Gasteiger partial charge on any atom is -0.462 e. The molecule has 0 aromatic carbocycles. The summed E-state index contributed by atoms with van der Waals surface area (Å²) in [6, 6.07) is 0. The summed E-state index contributed by atoms with van der Waals surface area (Å²) in [6.45, 7) is 4.99. The lowest BCUT2D eigenvalue weighted by molar-refractivity contribution is -0.203. The number of hydrogen-bond donors (Lipinski definition) is 1. The van der Waals surface area contributed by atoms with E-state index in [1.54, 1.807) is 10.8 Å². The van der Waals surface area contributed by atoms with Crippen LogP contribution in [0.3, 0.4) is 0 Å². The molecule has 5 atom stereocenters. The van der Waals surface area contributed by atoms with Gasteiger partial charge in [-0.15, -0.1) is 11.8 Å². The predicted octanol–water partition coefficient (Wildman–Crippen LogP) is 1.64. The third-order valence-corrected chi connectivity index (χ3v) is 6.14. The number of H-pyrrole nitrogens is 1. The number of imidazole rings is 1. The number of ether oxygens (including phenoxy) is 5. The Morgan fingerprint density at radius 2 is 1.42 bits per heavy atom. The molecule has 0 amide bonds. The van der Waals surface area contributed by atoms with Crippen LogP contribution in [0.15, 0.2) is 12.7 Å². The standard InChI is InChI=1S/C22H28N4O10S2/c1-10(27)32-7-15(33-11(2)28)17(34-12(3)29)18(35-13(4)30)19(36-14(5)31)22(38-6)26-9-25-16-20(26)23-8-24-21(16)37/h8-9,15,17-19,22H,7H2,1-6H3,(H,23,24,37)/t15-,17+,18-,19-,22-/m0/s1. The molecule has 0 saturated heterocycles. The normalized spacial score (nSPS) is 14.9. The van der Waals surface area contributed by atoms with Gasteiger partial charge in [0.05, 0.1) is 12.7 Å². The Balaban J connectivity index is 2.73. The summed E-state index contributed by atoms with van der Waals surface area (Å²) in [5.74, 6) is -3.92. The average molecular weight is 573 g/mol. The molecule has 0 fully saturated rings. The van der Waals surface area contributed by atoms with Gasteiger partial charge in [-0.1, -0.05) is 12.2 Å². The van der Waals surface area contributed by atoms with Crippen LogP contribution < -0.4 is 0 Å². The van der Waals surface area contributed by atoms with Crippen molar-refractivity contribution >= 4 is 65.0 Å². The van der Waals surface area contributed by atoms with Crippen molar-refractivity contribution in [3.8, 4) is 0 Å². The lowest BCUT2D eigenvalue weighted by atomic mass is 10.0. The quantitative estimate of drug-likeness (QED) is 0.220. The summed E-state index contributed by atoms with van der Waals surface area (Å²) < 4.78 is 28.7. The first kappa shape index (κ1) is 30.7. The molecule has 14 nitrogen and oxygen atoms in total. The Hall–Kier alpha value is -3.53. The minimum atomic E-state index is -1.56. The second kappa shape index (κ2) is 13.9. The summed E-state index contributed by atoms with van der Waals surface area (Å²) in [7, 11) is 0. The highest BCUT2D eigenvalue weighted by Crippen LogP contribution is 2.35. The minimum absolute atomic E-state index is 0.215. The molecule has 2 heterocycles. The Bertz CT molecular complexity index is 1250. The number of aromatic nitrogens is 4. The van der Waals surface area contributed by atoms with E-state index in [1.807, 2.05) is 0 Å². The molecule has 0 saturated carbocycles. The topological polar surface area (TPSA) is 178 Å². The fourth-order valence-electron chi connectivity index (χ4n) is 3.62.